The molecule has 3 rings (SSSR count). The Labute approximate surface area is 119 Å². The first-order chi connectivity index (χ1) is 9.50. The molecule has 0 amide bonds. The maximum atomic E-state index is 12.3. The van der Waals surface area contributed by atoms with E-state index >= 15 is 0 Å². The molecule has 0 spiro atoms. The molecule has 0 saturated carbocycles. The number of H-pyrrole nitrogens is 1. The summed E-state index contributed by atoms with van der Waals surface area (Å²) in [5, 5.41) is 15.0. The average Bonchev–Trinajstić information content (AvgIpc) is 2.69. The number of aromatic amines is 1. The lowest BCUT2D eigenvalue weighted by atomic mass is 10.1. The third kappa shape index (κ3) is 1.71. The number of aromatic nitrogens is 3. The number of hydrogen-bond donors (Lipinski definition) is 2. The van der Waals surface area contributed by atoms with Crippen LogP contribution >= 0.6 is 11.6 Å². The summed E-state index contributed by atoms with van der Waals surface area (Å²) in [5.74, 6) is -0.215. The van der Waals surface area contributed by atoms with E-state index in [2.05, 4.69) is 10.1 Å². The highest BCUT2D eigenvalue weighted by Crippen LogP contribution is 2.31. The monoisotopic (exact) mass is 289 g/mol. The summed E-state index contributed by atoms with van der Waals surface area (Å²) >= 11 is 6.10. The van der Waals surface area contributed by atoms with Gasteiger partial charge in [-0.2, -0.15) is 9.61 Å². The second-order valence-electron chi connectivity index (χ2n) is 4.60. The van der Waals surface area contributed by atoms with Crippen LogP contribution < -0.4 is 5.56 Å². The Morgan fingerprint density at radius 2 is 2.00 bits per heavy atom. The molecule has 2 heterocycles. The Bertz CT molecular complexity index is 880. The van der Waals surface area contributed by atoms with Crippen LogP contribution in [0.15, 0.2) is 29.1 Å². The second-order valence-corrected chi connectivity index (χ2v) is 5.01. The maximum Gasteiger partial charge on any atom is 0.262 e. The number of rotatable bonds is 1. The van der Waals surface area contributed by atoms with Crippen LogP contribution in [-0.2, 0) is 0 Å². The van der Waals surface area contributed by atoms with E-state index in [1.807, 2.05) is 13.8 Å². The van der Waals surface area contributed by atoms with E-state index in [0.29, 0.717) is 16.2 Å². The van der Waals surface area contributed by atoms with Gasteiger partial charge in [0, 0.05) is 16.1 Å². The lowest BCUT2D eigenvalue weighted by Crippen LogP contribution is -2.13. The van der Waals surface area contributed by atoms with Crippen molar-refractivity contribution in [2.24, 2.45) is 0 Å². The zero-order valence-electron chi connectivity index (χ0n) is 10.9. The number of halogens is 1. The SMILES string of the molecule is Cc1nn2c(O)c(-c3ccccc3Cl)c(=O)[nH]c2c1C. The van der Waals surface area contributed by atoms with Crippen molar-refractivity contribution in [3.8, 4) is 17.0 Å². The minimum absolute atomic E-state index is 0.116. The minimum atomic E-state index is -0.397. The van der Waals surface area contributed by atoms with Gasteiger partial charge in [-0.25, -0.2) is 0 Å². The lowest BCUT2D eigenvalue weighted by Gasteiger charge is -2.07. The van der Waals surface area contributed by atoms with Crippen LogP contribution in [0.25, 0.3) is 16.8 Å². The van der Waals surface area contributed by atoms with Crippen LogP contribution in [0.5, 0.6) is 5.88 Å². The molecule has 0 bridgehead atoms. The molecule has 2 N–H and O–H groups in total. The van der Waals surface area contributed by atoms with E-state index in [0.717, 1.165) is 11.3 Å². The molecule has 0 fully saturated rings. The number of aryl methyl sites for hydroxylation is 2. The Morgan fingerprint density at radius 3 is 2.70 bits per heavy atom. The van der Waals surface area contributed by atoms with Gasteiger partial charge in [0.05, 0.1) is 5.69 Å². The van der Waals surface area contributed by atoms with Gasteiger partial charge < -0.3 is 10.1 Å². The van der Waals surface area contributed by atoms with E-state index in [-0.39, 0.29) is 11.4 Å². The van der Waals surface area contributed by atoms with Gasteiger partial charge in [0.2, 0.25) is 5.88 Å². The van der Waals surface area contributed by atoms with Gasteiger partial charge in [0.1, 0.15) is 11.2 Å². The standard InChI is InChI=1S/C14H12ClN3O2/c1-7-8(2)17-18-12(7)16-13(19)11(14(18)20)9-5-3-4-6-10(9)15/h3-6,20H,1-2H3,(H,16,19). The van der Waals surface area contributed by atoms with E-state index < -0.39 is 5.56 Å². The topological polar surface area (TPSA) is 70.4 Å². The number of nitrogens with zero attached hydrogens (tertiary/aromatic N) is 2. The Morgan fingerprint density at radius 1 is 1.30 bits per heavy atom. The van der Waals surface area contributed by atoms with Crippen LogP contribution in [0.1, 0.15) is 11.3 Å². The predicted molar refractivity (Wildman–Crippen MR) is 77.4 cm³/mol. The molecule has 2 aromatic heterocycles. The van der Waals surface area contributed by atoms with Crippen LogP contribution in [0.4, 0.5) is 0 Å². The first-order valence-electron chi connectivity index (χ1n) is 6.06. The number of fused-ring (bicyclic) bond motifs is 1. The molecule has 0 aliphatic rings. The van der Waals surface area contributed by atoms with Crippen molar-refractivity contribution < 1.29 is 5.11 Å². The fourth-order valence-corrected chi connectivity index (χ4v) is 2.42. The number of aromatic hydroxyl groups is 1. The van der Waals surface area contributed by atoms with Gasteiger partial charge in [0.25, 0.3) is 5.56 Å². The smallest absolute Gasteiger partial charge is 0.262 e. The van der Waals surface area contributed by atoms with Gasteiger partial charge in [-0.15, -0.1) is 0 Å². The van der Waals surface area contributed by atoms with Gasteiger partial charge in [0.15, 0.2) is 0 Å². The van der Waals surface area contributed by atoms with Crippen molar-refractivity contribution in [1.82, 2.24) is 14.6 Å². The molecule has 3 aromatic rings. The van der Waals surface area contributed by atoms with E-state index in [1.165, 1.54) is 4.52 Å². The zero-order chi connectivity index (χ0) is 14.4. The second kappa shape index (κ2) is 4.38. The molecule has 0 radical (unpaired) electrons. The van der Waals surface area contributed by atoms with Crippen LogP contribution in [0.3, 0.4) is 0 Å². The first kappa shape index (κ1) is 12.7. The fraction of sp³-hybridized carbons (Fsp3) is 0.143. The van der Waals surface area contributed by atoms with Crippen LogP contribution in [-0.4, -0.2) is 19.7 Å². The number of hydrogen-bond acceptors (Lipinski definition) is 3. The third-order valence-electron chi connectivity index (χ3n) is 3.39. The highest BCUT2D eigenvalue weighted by Gasteiger charge is 2.18. The van der Waals surface area contributed by atoms with Gasteiger partial charge in [-0.3, -0.25) is 4.79 Å². The number of benzene rings is 1. The highest BCUT2D eigenvalue weighted by molar-refractivity contribution is 6.33. The van der Waals surface area contributed by atoms with Crippen molar-refractivity contribution >= 4 is 17.2 Å². The Balaban J connectivity index is 2.44. The molecule has 0 saturated heterocycles. The summed E-state index contributed by atoms with van der Waals surface area (Å²) < 4.78 is 1.32. The molecular formula is C14H12ClN3O2. The lowest BCUT2D eigenvalue weighted by molar-refractivity contribution is 0.436. The molecule has 0 aliphatic heterocycles. The largest absolute Gasteiger partial charge is 0.493 e. The zero-order valence-corrected chi connectivity index (χ0v) is 11.7. The number of nitrogens with one attached hydrogen (secondary N) is 1. The minimum Gasteiger partial charge on any atom is -0.493 e. The van der Waals surface area contributed by atoms with Gasteiger partial charge >= 0.3 is 0 Å². The Kier molecular flexibility index (Phi) is 2.79. The van der Waals surface area contributed by atoms with E-state index in [4.69, 9.17) is 11.6 Å². The van der Waals surface area contributed by atoms with Gasteiger partial charge in [-0.05, 0) is 19.9 Å². The molecule has 0 atom stereocenters. The van der Waals surface area contributed by atoms with Crippen molar-refractivity contribution in [2.75, 3.05) is 0 Å². The average molecular weight is 290 g/mol. The summed E-state index contributed by atoms with van der Waals surface area (Å²) in [4.78, 5) is 15.0. The van der Waals surface area contributed by atoms with Crippen LogP contribution in [0, 0.1) is 13.8 Å². The van der Waals surface area contributed by atoms with E-state index in [9.17, 15) is 9.90 Å². The van der Waals surface area contributed by atoms with Crippen molar-refractivity contribution in [2.45, 2.75) is 13.8 Å². The summed E-state index contributed by atoms with van der Waals surface area (Å²) in [7, 11) is 0. The summed E-state index contributed by atoms with van der Waals surface area (Å²) in [5.41, 5.74) is 2.24. The van der Waals surface area contributed by atoms with Crippen molar-refractivity contribution in [3.05, 3.63) is 50.9 Å². The normalized spacial score (nSPS) is 11.2. The summed E-state index contributed by atoms with van der Waals surface area (Å²) in [6.07, 6.45) is 0. The fourth-order valence-electron chi connectivity index (χ4n) is 2.19. The third-order valence-corrected chi connectivity index (χ3v) is 3.72. The predicted octanol–water partition coefficient (Wildman–Crippen LogP) is 2.67. The van der Waals surface area contributed by atoms with Crippen molar-refractivity contribution in [1.29, 1.82) is 0 Å². The van der Waals surface area contributed by atoms with E-state index in [1.54, 1.807) is 24.3 Å². The molecule has 0 aliphatic carbocycles. The first-order valence-corrected chi connectivity index (χ1v) is 6.44. The molecule has 20 heavy (non-hydrogen) atoms. The van der Waals surface area contributed by atoms with Gasteiger partial charge in [-0.1, -0.05) is 29.8 Å². The quantitative estimate of drug-likeness (QED) is 0.723. The molecule has 5 nitrogen and oxygen atoms in total. The molecule has 102 valence electrons. The summed E-state index contributed by atoms with van der Waals surface area (Å²) in [6.45, 7) is 3.65. The molecule has 6 heteroatoms. The van der Waals surface area contributed by atoms with Crippen LogP contribution in [0.2, 0.25) is 5.02 Å². The summed E-state index contributed by atoms with van der Waals surface area (Å²) in [6, 6.07) is 6.86. The molecule has 1 aromatic carbocycles. The molecular weight excluding hydrogens is 278 g/mol. The maximum absolute atomic E-state index is 12.3. The molecule has 0 unspecified atom stereocenters. The highest BCUT2D eigenvalue weighted by atomic mass is 35.5. The Hall–Kier alpha value is -2.27. The van der Waals surface area contributed by atoms with Crippen molar-refractivity contribution in [3.63, 3.8) is 0 Å².